The number of alkyl carbamates (subject to hydrolysis) is 1. The van der Waals surface area contributed by atoms with E-state index in [4.69, 9.17) is 16.3 Å². The molecule has 0 saturated carbocycles. The molecule has 0 heterocycles. The zero-order valence-electron chi connectivity index (χ0n) is 15.1. The summed E-state index contributed by atoms with van der Waals surface area (Å²) in [6.45, 7) is 5.31. The average Bonchev–Trinajstić information content (AvgIpc) is 2.53. The number of rotatable bonds is 5. The first kappa shape index (κ1) is 19.8. The normalized spacial score (nSPS) is 12.2. The Balaban J connectivity index is 2.13. The van der Waals surface area contributed by atoms with E-state index in [1.54, 1.807) is 45.0 Å². The van der Waals surface area contributed by atoms with Crippen molar-refractivity contribution in [3.8, 4) is 0 Å². The molecule has 2 amide bonds. The largest absolute Gasteiger partial charge is 0.444 e. The summed E-state index contributed by atoms with van der Waals surface area (Å²) in [7, 11) is 0. The summed E-state index contributed by atoms with van der Waals surface area (Å²) in [5.74, 6) is -0.345. The molecular weight excluding hydrogens is 352 g/mol. The molecule has 2 aromatic rings. The number of halogens is 1. The van der Waals surface area contributed by atoms with Gasteiger partial charge in [0.2, 0.25) is 5.91 Å². The second-order valence-corrected chi connectivity index (χ2v) is 7.32. The lowest BCUT2D eigenvalue weighted by Gasteiger charge is -2.23. The number of hydrogen-bond donors (Lipinski definition) is 2. The summed E-state index contributed by atoms with van der Waals surface area (Å²) >= 11 is 5.95. The van der Waals surface area contributed by atoms with E-state index < -0.39 is 17.7 Å². The topological polar surface area (TPSA) is 67.4 Å². The van der Waals surface area contributed by atoms with Crippen LogP contribution in [0.2, 0.25) is 5.02 Å². The maximum atomic E-state index is 12.7. The summed E-state index contributed by atoms with van der Waals surface area (Å²) in [5, 5.41) is 5.94. The molecular formula is C20H23ClN2O3. The van der Waals surface area contributed by atoms with Crippen LogP contribution in [-0.2, 0) is 16.0 Å². The highest BCUT2D eigenvalue weighted by molar-refractivity contribution is 6.30. The molecule has 0 saturated heterocycles. The van der Waals surface area contributed by atoms with E-state index >= 15 is 0 Å². The third-order valence-electron chi connectivity index (χ3n) is 3.38. The maximum absolute atomic E-state index is 12.7. The van der Waals surface area contributed by atoms with E-state index in [1.165, 1.54) is 0 Å². The van der Waals surface area contributed by atoms with E-state index in [-0.39, 0.29) is 5.91 Å². The van der Waals surface area contributed by atoms with Crippen molar-refractivity contribution in [1.82, 2.24) is 5.32 Å². The number of hydrogen-bond acceptors (Lipinski definition) is 3. The van der Waals surface area contributed by atoms with E-state index in [0.29, 0.717) is 17.1 Å². The minimum absolute atomic E-state index is 0.340. The van der Waals surface area contributed by atoms with Gasteiger partial charge in [-0.25, -0.2) is 4.79 Å². The standard InChI is InChI=1S/C20H23ClN2O3/c1-20(2,3)26-19(25)23-17(12-14-8-5-4-6-9-14)18(24)22-16-11-7-10-15(21)13-16/h4-11,13,17H,12H2,1-3H3,(H,22,24)(H,23,25)/t17-/m0/s1. The van der Waals surface area contributed by atoms with Gasteiger partial charge < -0.3 is 15.4 Å². The lowest BCUT2D eigenvalue weighted by molar-refractivity contribution is -0.118. The van der Waals surface area contributed by atoms with Gasteiger partial charge in [-0.1, -0.05) is 48.0 Å². The van der Waals surface area contributed by atoms with Gasteiger partial charge in [0.15, 0.2) is 0 Å². The quantitative estimate of drug-likeness (QED) is 0.814. The van der Waals surface area contributed by atoms with Crippen molar-refractivity contribution in [1.29, 1.82) is 0 Å². The van der Waals surface area contributed by atoms with Crippen LogP contribution in [0.5, 0.6) is 0 Å². The molecule has 2 N–H and O–H groups in total. The van der Waals surface area contributed by atoms with Crippen molar-refractivity contribution < 1.29 is 14.3 Å². The highest BCUT2D eigenvalue weighted by Crippen LogP contribution is 2.16. The van der Waals surface area contributed by atoms with E-state index in [0.717, 1.165) is 5.56 Å². The fourth-order valence-corrected chi connectivity index (χ4v) is 2.49. The SMILES string of the molecule is CC(C)(C)OC(=O)N[C@@H](Cc1ccccc1)C(=O)Nc1cccc(Cl)c1. The van der Waals surface area contributed by atoms with Gasteiger partial charge >= 0.3 is 6.09 Å². The molecule has 0 fully saturated rings. The third-order valence-corrected chi connectivity index (χ3v) is 3.62. The van der Waals surface area contributed by atoms with Crippen molar-refractivity contribution >= 4 is 29.3 Å². The Morgan fingerprint density at radius 2 is 1.77 bits per heavy atom. The second-order valence-electron chi connectivity index (χ2n) is 6.89. The molecule has 138 valence electrons. The first-order chi connectivity index (χ1) is 12.2. The monoisotopic (exact) mass is 374 g/mol. The molecule has 6 heteroatoms. The van der Waals surface area contributed by atoms with Crippen molar-refractivity contribution in [2.45, 2.75) is 38.8 Å². The van der Waals surface area contributed by atoms with Crippen LogP contribution in [0, 0.1) is 0 Å². The van der Waals surface area contributed by atoms with Gasteiger partial charge in [0.25, 0.3) is 0 Å². The molecule has 1 atom stereocenters. The molecule has 0 spiro atoms. The van der Waals surface area contributed by atoms with Crippen LogP contribution < -0.4 is 10.6 Å². The molecule has 0 aromatic heterocycles. The zero-order chi connectivity index (χ0) is 19.2. The number of carbonyl (C=O) groups excluding carboxylic acids is 2. The first-order valence-corrected chi connectivity index (χ1v) is 8.70. The van der Waals surface area contributed by atoms with Crippen LogP contribution in [0.3, 0.4) is 0 Å². The summed E-state index contributed by atoms with van der Waals surface area (Å²) < 4.78 is 5.27. The van der Waals surface area contributed by atoms with Gasteiger partial charge in [-0.15, -0.1) is 0 Å². The molecule has 0 radical (unpaired) electrons. The van der Waals surface area contributed by atoms with Crippen LogP contribution in [-0.4, -0.2) is 23.6 Å². The molecule has 5 nitrogen and oxygen atoms in total. The van der Waals surface area contributed by atoms with Crippen LogP contribution >= 0.6 is 11.6 Å². The van der Waals surface area contributed by atoms with E-state index in [1.807, 2.05) is 30.3 Å². The lowest BCUT2D eigenvalue weighted by atomic mass is 10.1. The number of carbonyl (C=O) groups is 2. The molecule has 26 heavy (non-hydrogen) atoms. The Morgan fingerprint density at radius 3 is 2.38 bits per heavy atom. The van der Waals surface area contributed by atoms with E-state index in [2.05, 4.69) is 10.6 Å². The number of ether oxygens (including phenoxy) is 1. The molecule has 0 aliphatic heterocycles. The van der Waals surface area contributed by atoms with Crippen LogP contribution in [0.1, 0.15) is 26.3 Å². The molecule has 0 unspecified atom stereocenters. The first-order valence-electron chi connectivity index (χ1n) is 8.33. The third kappa shape index (κ3) is 6.76. The number of benzene rings is 2. The number of nitrogens with one attached hydrogen (secondary N) is 2. The molecule has 0 aliphatic rings. The van der Waals surface area contributed by atoms with Gasteiger partial charge in [0, 0.05) is 17.1 Å². The van der Waals surface area contributed by atoms with Gasteiger partial charge in [-0.2, -0.15) is 0 Å². The predicted octanol–water partition coefficient (Wildman–Crippen LogP) is 4.41. The van der Waals surface area contributed by atoms with Gasteiger partial charge in [-0.3, -0.25) is 4.79 Å². The van der Waals surface area contributed by atoms with Crippen molar-refractivity contribution in [3.05, 3.63) is 65.2 Å². The lowest BCUT2D eigenvalue weighted by Crippen LogP contribution is -2.47. The Hall–Kier alpha value is -2.53. The van der Waals surface area contributed by atoms with Gasteiger partial charge in [0.1, 0.15) is 11.6 Å². The Kier molecular flexibility index (Phi) is 6.64. The Morgan fingerprint density at radius 1 is 1.08 bits per heavy atom. The average molecular weight is 375 g/mol. The summed E-state index contributed by atoms with van der Waals surface area (Å²) in [6, 6.07) is 15.5. The maximum Gasteiger partial charge on any atom is 0.408 e. The molecule has 0 bridgehead atoms. The minimum atomic E-state index is -0.786. The molecule has 2 rings (SSSR count). The number of amides is 2. The predicted molar refractivity (Wildman–Crippen MR) is 103 cm³/mol. The number of anilines is 1. The molecule has 2 aromatic carbocycles. The van der Waals surface area contributed by atoms with Gasteiger partial charge in [0.05, 0.1) is 0 Å². The van der Waals surface area contributed by atoms with Crippen molar-refractivity contribution in [3.63, 3.8) is 0 Å². The van der Waals surface area contributed by atoms with Crippen molar-refractivity contribution in [2.24, 2.45) is 0 Å². The summed E-state index contributed by atoms with van der Waals surface area (Å²) in [5.41, 5.74) is 0.839. The van der Waals surface area contributed by atoms with Crippen LogP contribution in [0.15, 0.2) is 54.6 Å². The van der Waals surface area contributed by atoms with Crippen molar-refractivity contribution in [2.75, 3.05) is 5.32 Å². The highest BCUT2D eigenvalue weighted by atomic mass is 35.5. The van der Waals surface area contributed by atoms with Crippen LogP contribution in [0.4, 0.5) is 10.5 Å². The fraction of sp³-hybridized carbons (Fsp3) is 0.300. The van der Waals surface area contributed by atoms with Gasteiger partial charge in [-0.05, 0) is 44.5 Å². The minimum Gasteiger partial charge on any atom is -0.444 e. The second kappa shape index (κ2) is 8.72. The molecule has 0 aliphatic carbocycles. The fourth-order valence-electron chi connectivity index (χ4n) is 2.30. The Labute approximate surface area is 158 Å². The van der Waals surface area contributed by atoms with E-state index in [9.17, 15) is 9.59 Å². The van der Waals surface area contributed by atoms with Crippen LogP contribution in [0.25, 0.3) is 0 Å². The Bertz CT molecular complexity index is 757. The smallest absolute Gasteiger partial charge is 0.408 e. The summed E-state index contributed by atoms with van der Waals surface area (Å²) in [4.78, 5) is 24.8. The zero-order valence-corrected chi connectivity index (χ0v) is 15.8. The highest BCUT2D eigenvalue weighted by Gasteiger charge is 2.24. The summed E-state index contributed by atoms with van der Waals surface area (Å²) in [6.07, 6.45) is -0.299.